The van der Waals surface area contributed by atoms with Crippen LogP contribution in [0.5, 0.6) is 0 Å². The van der Waals surface area contributed by atoms with Crippen molar-refractivity contribution in [2.24, 2.45) is 23.7 Å². The van der Waals surface area contributed by atoms with Gasteiger partial charge in [-0.3, -0.25) is 57.5 Å². The molecule has 25 nitrogen and oxygen atoms in total. The molecule has 0 aliphatic carbocycles. The van der Waals surface area contributed by atoms with E-state index < -0.39 is 162 Å². The number of aliphatic hydroxyl groups excluding tert-OH is 1. The SMILES string of the molecule is CC(C)C[C@@H]1NC(=O)[C@@H]2CCCN2C(=O)[C@H](Cc2ccccc2)N(C)C(=O)[C@H](C)N(C)C(=O)[C@H]([C@@H](C)O)NC(=O)[C@@H](C(C)C)NC(=O)C[C@@H](C(=O)N2CCCCC2)NC(=O)[C@H](CC(C)C)N(C)C(=O)[C@H](C)N(C)C(=O)[C@H](CCCc2ccccc2)NC(=O)[C@H](C(C)C)N(C)C1=O. The van der Waals surface area contributed by atoms with Crippen LogP contribution in [0, 0.1) is 23.7 Å². The van der Waals surface area contributed by atoms with Gasteiger partial charge in [0.2, 0.25) is 70.9 Å². The fourth-order valence-electron chi connectivity index (χ4n) is 13.0. The predicted molar refractivity (Wildman–Crippen MR) is 363 cm³/mol. The molecular formula is C71H110N12O13. The van der Waals surface area contributed by atoms with Crippen LogP contribution in [0.3, 0.4) is 0 Å². The minimum Gasteiger partial charge on any atom is -0.391 e. The first-order valence-corrected chi connectivity index (χ1v) is 34.4. The first-order chi connectivity index (χ1) is 45.2. The third-order valence-corrected chi connectivity index (χ3v) is 19.0. The fraction of sp³-hybridized carbons (Fsp3) is 0.662. The van der Waals surface area contributed by atoms with Gasteiger partial charge in [0.1, 0.15) is 66.5 Å². The van der Waals surface area contributed by atoms with Gasteiger partial charge in [-0.2, -0.15) is 0 Å². The maximum Gasteiger partial charge on any atom is 0.248 e. The summed E-state index contributed by atoms with van der Waals surface area (Å²) in [7, 11) is 7.03. The summed E-state index contributed by atoms with van der Waals surface area (Å²) in [6, 6.07) is 4.21. The zero-order valence-corrected chi connectivity index (χ0v) is 59.6. The Balaban J connectivity index is 1.62. The minimum absolute atomic E-state index is 0.00778. The molecule has 0 aromatic heterocycles. The number of benzene rings is 2. The van der Waals surface area contributed by atoms with Crippen LogP contribution in [0.25, 0.3) is 0 Å². The first kappa shape index (κ1) is 78.7. The van der Waals surface area contributed by atoms with Crippen molar-refractivity contribution in [2.75, 3.05) is 54.9 Å². The largest absolute Gasteiger partial charge is 0.391 e. The highest BCUT2D eigenvalue weighted by molar-refractivity contribution is 6.00. The number of hydrogen-bond acceptors (Lipinski definition) is 13. The molecule has 3 heterocycles. The molecule has 12 atom stereocenters. The van der Waals surface area contributed by atoms with E-state index in [2.05, 4.69) is 26.6 Å². The van der Waals surface area contributed by atoms with E-state index in [0.717, 1.165) is 16.9 Å². The lowest BCUT2D eigenvalue weighted by atomic mass is 9.97. The molecule has 0 bridgehead atoms. The molecule has 0 unspecified atom stereocenters. The van der Waals surface area contributed by atoms with Gasteiger partial charge >= 0.3 is 0 Å². The highest BCUT2D eigenvalue weighted by atomic mass is 16.3. The van der Waals surface area contributed by atoms with E-state index in [1.54, 1.807) is 62.9 Å². The summed E-state index contributed by atoms with van der Waals surface area (Å²) >= 11 is 0. The lowest BCUT2D eigenvalue weighted by molar-refractivity contribution is -0.152. The number of aliphatic hydroxyl groups is 1. The van der Waals surface area contributed by atoms with Crippen LogP contribution in [-0.2, 0) is 70.4 Å². The fourth-order valence-corrected chi connectivity index (χ4v) is 13.0. The van der Waals surface area contributed by atoms with Gasteiger partial charge in [0.05, 0.1) is 12.5 Å². The third-order valence-electron chi connectivity index (χ3n) is 19.0. The zero-order chi connectivity index (χ0) is 71.6. The average Bonchev–Trinajstić information content (AvgIpc) is 0.992. The summed E-state index contributed by atoms with van der Waals surface area (Å²) < 4.78 is 0. The van der Waals surface area contributed by atoms with Crippen LogP contribution >= 0.6 is 0 Å². The molecule has 3 fully saturated rings. The molecule has 0 saturated carbocycles. The maximum atomic E-state index is 15.2. The molecule has 532 valence electrons. The number of nitrogens with zero attached hydrogens (tertiary/aromatic N) is 7. The molecule has 3 aliphatic heterocycles. The number of hydrogen-bond donors (Lipinski definition) is 6. The van der Waals surface area contributed by atoms with E-state index in [9.17, 15) is 48.3 Å². The topological polar surface area (TPSA) is 308 Å². The summed E-state index contributed by atoms with van der Waals surface area (Å²) in [5.41, 5.74) is 1.66. The molecule has 2 aromatic rings. The van der Waals surface area contributed by atoms with Gasteiger partial charge in [-0.05, 0) is 120 Å². The zero-order valence-electron chi connectivity index (χ0n) is 59.6. The first-order valence-electron chi connectivity index (χ1n) is 34.4. The Morgan fingerprint density at radius 1 is 0.500 bits per heavy atom. The lowest BCUT2D eigenvalue weighted by Crippen LogP contribution is -2.62. The predicted octanol–water partition coefficient (Wildman–Crippen LogP) is 3.04. The van der Waals surface area contributed by atoms with Crippen LogP contribution in [0.2, 0.25) is 0 Å². The molecule has 0 spiro atoms. The highest BCUT2D eigenvalue weighted by Crippen LogP contribution is 2.25. The number of carbonyl (C=O) groups is 12. The second kappa shape index (κ2) is 36.4. The van der Waals surface area contributed by atoms with Crippen molar-refractivity contribution < 1.29 is 62.6 Å². The summed E-state index contributed by atoms with van der Waals surface area (Å²) in [4.78, 5) is 186. The van der Waals surface area contributed by atoms with Gasteiger partial charge < -0.3 is 66.0 Å². The number of carbonyl (C=O) groups excluding carboxylic acids is 12. The Kier molecular flexibility index (Phi) is 29.9. The highest BCUT2D eigenvalue weighted by Gasteiger charge is 2.45. The maximum absolute atomic E-state index is 15.2. The molecule has 0 radical (unpaired) electrons. The molecule has 6 N–H and O–H groups in total. The number of rotatable bonds is 14. The number of likely N-dealkylation sites (tertiary alicyclic amines) is 1. The van der Waals surface area contributed by atoms with Crippen LogP contribution in [-0.4, -0.2) is 238 Å². The number of amides is 12. The molecule has 3 saturated heterocycles. The second-order valence-electron chi connectivity index (χ2n) is 28.1. The van der Waals surface area contributed by atoms with Gasteiger partial charge in [0.25, 0.3) is 0 Å². The Hall–Kier alpha value is -7.96. The molecule has 2 aromatic carbocycles. The van der Waals surface area contributed by atoms with Gasteiger partial charge in [-0.1, -0.05) is 116 Å². The Bertz CT molecular complexity index is 3010. The molecule has 3 aliphatic rings. The van der Waals surface area contributed by atoms with Gasteiger partial charge in [0, 0.05) is 61.3 Å². The van der Waals surface area contributed by atoms with Crippen molar-refractivity contribution >= 4 is 70.9 Å². The van der Waals surface area contributed by atoms with E-state index in [1.807, 2.05) is 58.0 Å². The van der Waals surface area contributed by atoms with Crippen molar-refractivity contribution in [3.05, 3.63) is 71.8 Å². The van der Waals surface area contributed by atoms with Crippen LogP contribution in [0.1, 0.15) is 151 Å². The van der Waals surface area contributed by atoms with E-state index in [1.165, 1.54) is 80.5 Å². The van der Waals surface area contributed by atoms with Crippen molar-refractivity contribution in [2.45, 2.75) is 226 Å². The van der Waals surface area contributed by atoms with Crippen LogP contribution < -0.4 is 26.6 Å². The molecule has 12 amide bonds. The van der Waals surface area contributed by atoms with Crippen molar-refractivity contribution in [3.63, 3.8) is 0 Å². The standard InChI is InChI=1S/C71H110N12O13/c1-42(2)38-52-68(93)81(16)60(45(7)8)64(89)72-51(33-26-32-49-28-20-17-21-29-49)67(92)77(12)46(9)65(90)79(14)55(39-43(3)4)62(87)74-53(69(94)82-35-24-19-25-36-82)41-57(85)75-58(44(5)6)63(88)76-59(48(11)84)71(96)78(13)47(10)66(91)80(15)56(40-50-30-22-18-23-31-50)70(95)83-37-27-34-54(83)61(86)73-52/h17-18,20-23,28-31,42-48,51-56,58-60,84H,19,24-27,32-41H2,1-16H3,(H,72,89)(H,73,86)(H,74,87)(H,75,85)(H,76,88)/t46-,47-,48+,51-,52-,53-,54-,55-,56-,58+,59-,60-/m0/s1. The third kappa shape index (κ3) is 21.0. The summed E-state index contributed by atoms with van der Waals surface area (Å²) in [5, 5.41) is 25.1. The monoisotopic (exact) mass is 1340 g/mol. The van der Waals surface area contributed by atoms with E-state index >= 15 is 14.4 Å². The summed E-state index contributed by atoms with van der Waals surface area (Å²) in [6.07, 6.45) is 1.89. The van der Waals surface area contributed by atoms with Crippen molar-refractivity contribution in [1.82, 2.24) is 60.9 Å². The van der Waals surface area contributed by atoms with Gasteiger partial charge in [-0.15, -0.1) is 0 Å². The smallest absolute Gasteiger partial charge is 0.248 e. The Morgan fingerprint density at radius 3 is 1.57 bits per heavy atom. The average molecular weight is 1340 g/mol. The van der Waals surface area contributed by atoms with Crippen LogP contribution in [0.15, 0.2) is 60.7 Å². The lowest BCUT2D eigenvalue weighted by Gasteiger charge is -2.38. The normalized spacial score (nSPS) is 26.8. The summed E-state index contributed by atoms with van der Waals surface area (Å²) in [6.45, 7) is 19.2. The number of aryl methyl sites for hydroxylation is 1. The number of piperidine rings is 1. The van der Waals surface area contributed by atoms with E-state index in [-0.39, 0.29) is 50.5 Å². The van der Waals surface area contributed by atoms with E-state index in [0.29, 0.717) is 50.8 Å². The molecular weight excluding hydrogens is 1230 g/mol. The number of fused-ring (bicyclic) bond motifs is 1. The van der Waals surface area contributed by atoms with Gasteiger partial charge in [0.15, 0.2) is 0 Å². The summed E-state index contributed by atoms with van der Waals surface area (Å²) in [5.74, 6) is -9.96. The second-order valence-corrected chi connectivity index (χ2v) is 28.1. The Morgan fingerprint density at radius 2 is 1.03 bits per heavy atom. The number of nitrogens with one attached hydrogen (secondary N) is 5. The minimum atomic E-state index is -1.67. The van der Waals surface area contributed by atoms with Gasteiger partial charge in [-0.25, -0.2) is 0 Å². The van der Waals surface area contributed by atoms with Crippen molar-refractivity contribution in [1.29, 1.82) is 0 Å². The molecule has 5 rings (SSSR count). The van der Waals surface area contributed by atoms with Crippen LogP contribution in [0.4, 0.5) is 0 Å². The van der Waals surface area contributed by atoms with E-state index in [4.69, 9.17) is 0 Å². The van der Waals surface area contributed by atoms with Crippen molar-refractivity contribution in [3.8, 4) is 0 Å². The number of likely N-dealkylation sites (N-methyl/N-ethyl adjacent to an activating group) is 5. The quantitative estimate of drug-likeness (QED) is 0.159. The Labute approximate surface area is 568 Å². The molecule has 25 heteroatoms. The molecule has 96 heavy (non-hydrogen) atoms.